The second-order valence-corrected chi connectivity index (χ2v) is 5.79. The number of nitrogens with one attached hydrogen (secondary N) is 1. The number of aromatic amines is 1. The quantitative estimate of drug-likeness (QED) is 0.479. The van der Waals surface area contributed by atoms with Crippen LogP contribution < -0.4 is 10.5 Å². The summed E-state index contributed by atoms with van der Waals surface area (Å²) in [6, 6.07) is 19.6. The first-order chi connectivity index (χ1) is 12.6. The highest BCUT2D eigenvalue weighted by Gasteiger charge is 2.13. The number of nitrogens with zero attached hydrogens (tertiary/aromatic N) is 1. The monoisotopic (exact) mass is 345 g/mol. The van der Waals surface area contributed by atoms with Crippen molar-refractivity contribution < 1.29 is 14.6 Å². The van der Waals surface area contributed by atoms with Crippen LogP contribution in [0.4, 0.5) is 5.69 Å². The zero-order valence-electron chi connectivity index (χ0n) is 13.6. The fourth-order valence-corrected chi connectivity index (χ4v) is 2.69. The van der Waals surface area contributed by atoms with Crippen molar-refractivity contribution in [3.05, 3.63) is 72.3 Å². The van der Waals surface area contributed by atoms with Gasteiger partial charge in [0.1, 0.15) is 22.8 Å². The standard InChI is InChI=1S/C20H15N3O3/c21-13-6-10-15(11-7-13)26-14-8-4-12(5-9-14)19-22-17-3-1-2-16(20(24)25)18(17)23-19/h1-11H,21H2,(H,22,23)(H,24,25). The first kappa shape index (κ1) is 15.7. The number of nitrogens with two attached hydrogens (primary N) is 1. The molecule has 0 saturated carbocycles. The SMILES string of the molecule is Nc1ccc(Oc2ccc(-c3nc4c(C(=O)O)cccc4[nH]3)cc2)cc1. The number of hydrogen-bond donors (Lipinski definition) is 3. The van der Waals surface area contributed by atoms with E-state index in [0.29, 0.717) is 34.0 Å². The molecule has 4 aromatic rings. The van der Waals surface area contributed by atoms with E-state index in [1.807, 2.05) is 24.3 Å². The van der Waals surface area contributed by atoms with Crippen LogP contribution in [0, 0.1) is 0 Å². The molecule has 6 nitrogen and oxygen atoms in total. The molecule has 4 N–H and O–H groups in total. The van der Waals surface area contributed by atoms with E-state index in [1.54, 1.807) is 42.5 Å². The largest absolute Gasteiger partial charge is 0.478 e. The maximum absolute atomic E-state index is 11.3. The molecular weight excluding hydrogens is 330 g/mol. The summed E-state index contributed by atoms with van der Waals surface area (Å²) in [5.74, 6) is 0.983. The van der Waals surface area contributed by atoms with Crippen LogP contribution in [0.25, 0.3) is 22.4 Å². The number of rotatable bonds is 4. The molecule has 128 valence electrons. The highest BCUT2D eigenvalue weighted by Crippen LogP contribution is 2.27. The number of anilines is 1. The third-order valence-electron chi connectivity index (χ3n) is 3.99. The molecule has 0 unspecified atom stereocenters. The molecule has 0 saturated heterocycles. The number of carboxylic acids is 1. The van der Waals surface area contributed by atoms with Gasteiger partial charge in [0.25, 0.3) is 0 Å². The van der Waals surface area contributed by atoms with E-state index in [0.717, 1.165) is 5.56 Å². The van der Waals surface area contributed by atoms with Crippen molar-refractivity contribution in [3.63, 3.8) is 0 Å². The lowest BCUT2D eigenvalue weighted by atomic mass is 10.2. The lowest BCUT2D eigenvalue weighted by molar-refractivity contribution is 0.0699. The van der Waals surface area contributed by atoms with Gasteiger partial charge in [-0.1, -0.05) is 6.07 Å². The molecule has 0 aliphatic heterocycles. The number of carboxylic acid groups (broad SMARTS) is 1. The number of imidazole rings is 1. The number of carbonyl (C=O) groups is 1. The van der Waals surface area contributed by atoms with Crippen LogP contribution in [-0.4, -0.2) is 21.0 Å². The summed E-state index contributed by atoms with van der Waals surface area (Å²) in [6.07, 6.45) is 0. The molecule has 1 aromatic heterocycles. The molecule has 0 aliphatic carbocycles. The van der Waals surface area contributed by atoms with Crippen molar-refractivity contribution >= 4 is 22.7 Å². The number of benzene rings is 3. The van der Waals surface area contributed by atoms with Gasteiger partial charge in [-0.25, -0.2) is 9.78 Å². The van der Waals surface area contributed by atoms with Gasteiger partial charge in [-0.2, -0.15) is 0 Å². The van der Waals surface area contributed by atoms with E-state index in [-0.39, 0.29) is 5.56 Å². The summed E-state index contributed by atoms with van der Waals surface area (Å²) in [6.45, 7) is 0. The molecule has 3 aromatic carbocycles. The number of fused-ring (bicyclic) bond motifs is 1. The number of aromatic carboxylic acids is 1. The zero-order valence-corrected chi connectivity index (χ0v) is 13.6. The molecule has 1 heterocycles. The van der Waals surface area contributed by atoms with E-state index in [1.165, 1.54) is 0 Å². The lowest BCUT2D eigenvalue weighted by Gasteiger charge is -2.06. The van der Waals surface area contributed by atoms with Gasteiger partial charge in [0.15, 0.2) is 0 Å². The first-order valence-corrected chi connectivity index (χ1v) is 7.96. The van der Waals surface area contributed by atoms with Gasteiger partial charge in [0.2, 0.25) is 0 Å². The van der Waals surface area contributed by atoms with Crippen LogP contribution >= 0.6 is 0 Å². The Balaban J connectivity index is 1.62. The van der Waals surface area contributed by atoms with Crippen molar-refractivity contribution in [2.24, 2.45) is 0 Å². The van der Waals surface area contributed by atoms with Crippen LogP contribution in [0.1, 0.15) is 10.4 Å². The van der Waals surface area contributed by atoms with E-state index in [2.05, 4.69) is 9.97 Å². The third kappa shape index (κ3) is 2.95. The Kier molecular flexibility index (Phi) is 3.78. The Morgan fingerprint density at radius 3 is 2.27 bits per heavy atom. The summed E-state index contributed by atoms with van der Waals surface area (Å²) >= 11 is 0. The Bertz CT molecular complexity index is 1080. The van der Waals surface area contributed by atoms with Crippen LogP contribution in [0.15, 0.2) is 66.7 Å². The number of nitrogen functional groups attached to an aromatic ring is 1. The average molecular weight is 345 g/mol. The molecule has 0 amide bonds. The second kappa shape index (κ2) is 6.25. The predicted molar refractivity (Wildman–Crippen MR) is 99.4 cm³/mol. The number of ether oxygens (including phenoxy) is 1. The molecule has 0 fully saturated rings. The van der Waals surface area contributed by atoms with E-state index in [4.69, 9.17) is 10.5 Å². The molecule has 0 aliphatic rings. The Morgan fingerprint density at radius 2 is 1.62 bits per heavy atom. The molecule has 0 atom stereocenters. The second-order valence-electron chi connectivity index (χ2n) is 5.79. The van der Waals surface area contributed by atoms with Crippen molar-refractivity contribution in [1.82, 2.24) is 9.97 Å². The summed E-state index contributed by atoms with van der Waals surface area (Å²) in [5.41, 5.74) is 8.48. The fourth-order valence-electron chi connectivity index (χ4n) is 2.69. The summed E-state index contributed by atoms with van der Waals surface area (Å²) < 4.78 is 5.77. The Morgan fingerprint density at radius 1 is 0.962 bits per heavy atom. The average Bonchev–Trinajstić information content (AvgIpc) is 3.08. The van der Waals surface area contributed by atoms with Gasteiger partial charge in [-0.15, -0.1) is 0 Å². The molecule has 0 spiro atoms. The summed E-state index contributed by atoms with van der Waals surface area (Å²) in [5, 5.41) is 9.28. The Labute approximate surface area is 148 Å². The number of aromatic nitrogens is 2. The minimum absolute atomic E-state index is 0.174. The maximum atomic E-state index is 11.3. The molecule has 4 rings (SSSR count). The minimum atomic E-state index is -0.999. The topological polar surface area (TPSA) is 101 Å². The van der Waals surface area contributed by atoms with E-state index in [9.17, 15) is 9.90 Å². The minimum Gasteiger partial charge on any atom is -0.478 e. The van der Waals surface area contributed by atoms with Crippen molar-refractivity contribution in [2.75, 3.05) is 5.73 Å². The number of hydrogen-bond acceptors (Lipinski definition) is 4. The van der Waals surface area contributed by atoms with Crippen LogP contribution in [0.5, 0.6) is 11.5 Å². The van der Waals surface area contributed by atoms with E-state index < -0.39 is 5.97 Å². The van der Waals surface area contributed by atoms with Crippen molar-refractivity contribution in [2.45, 2.75) is 0 Å². The van der Waals surface area contributed by atoms with Gasteiger partial charge < -0.3 is 20.6 Å². The third-order valence-corrected chi connectivity index (χ3v) is 3.99. The van der Waals surface area contributed by atoms with Gasteiger partial charge in [-0.05, 0) is 60.7 Å². The number of para-hydroxylation sites is 1. The predicted octanol–water partition coefficient (Wildman–Crippen LogP) is 4.30. The maximum Gasteiger partial charge on any atom is 0.337 e. The van der Waals surface area contributed by atoms with Gasteiger partial charge in [0, 0.05) is 11.3 Å². The van der Waals surface area contributed by atoms with Gasteiger partial charge in [-0.3, -0.25) is 0 Å². The number of H-pyrrole nitrogens is 1. The van der Waals surface area contributed by atoms with Crippen molar-refractivity contribution in [1.29, 1.82) is 0 Å². The molecule has 26 heavy (non-hydrogen) atoms. The smallest absolute Gasteiger partial charge is 0.337 e. The summed E-state index contributed by atoms with van der Waals surface area (Å²) in [7, 11) is 0. The lowest BCUT2D eigenvalue weighted by Crippen LogP contribution is -1.96. The highest BCUT2D eigenvalue weighted by atomic mass is 16.5. The van der Waals surface area contributed by atoms with Crippen LogP contribution in [0.3, 0.4) is 0 Å². The summed E-state index contributed by atoms with van der Waals surface area (Å²) in [4.78, 5) is 18.9. The molecular formula is C20H15N3O3. The zero-order chi connectivity index (χ0) is 18.1. The first-order valence-electron chi connectivity index (χ1n) is 7.96. The van der Waals surface area contributed by atoms with E-state index >= 15 is 0 Å². The fraction of sp³-hybridized carbons (Fsp3) is 0. The molecule has 6 heteroatoms. The van der Waals surface area contributed by atoms with Crippen molar-refractivity contribution in [3.8, 4) is 22.9 Å². The normalized spacial score (nSPS) is 10.8. The van der Waals surface area contributed by atoms with Gasteiger partial charge in [0.05, 0.1) is 11.1 Å². The highest BCUT2D eigenvalue weighted by molar-refractivity contribution is 6.01. The van der Waals surface area contributed by atoms with Crippen LogP contribution in [0.2, 0.25) is 0 Å². The molecule has 0 bridgehead atoms. The van der Waals surface area contributed by atoms with Crippen LogP contribution in [-0.2, 0) is 0 Å². The van der Waals surface area contributed by atoms with Gasteiger partial charge >= 0.3 is 5.97 Å². The Hall–Kier alpha value is -3.80. The molecule has 0 radical (unpaired) electrons.